The van der Waals surface area contributed by atoms with Gasteiger partial charge >= 0.3 is 0 Å². The third kappa shape index (κ3) is 4.53. The third-order valence-electron chi connectivity index (χ3n) is 2.02. The van der Waals surface area contributed by atoms with Crippen molar-refractivity contribution >= 4 is 17.4 Å². The summed E-state index contributed by atoms with van der Waals surface area (Å²) in [4.78, 5) is 4.00. The molecule has 84 valence electrons. The molecular formula is C11H18N2OS. The van der Waals surface area contributed by atoms with E-state index in [0.29, 0.717) is 17.4 Å². The average molecular weight is 226 g/mol. The van der Waals surface area contributed by atoms with Crippen molar-refractivity contribution in [3.63, 3.8) is 0 Å². The summed E-state index contributed by atoms with van der Waals surface area (Å²) in [7, 11) is 0. The number of hydrogen-bond donors (Lipinski definition) is 2. The normalized spacial score (nSPS) is 13.1. The minimum Gasteiger partial charge on any atom is -0.398 e. The molecule has 0 aromatic carbocycles. The Kier molecular flexibility index (Phi) is 4.91. The van der Waals surface area contributed by atoms with Crippen molar-refractivity contribution in [2.45, 2.75) is 31.6 Å². The van der Waals surface area contributed by atoms with Gasteiger partial charge in [0.05, 0.1) is 6.10 Å². The number of rotatable bonds is 5. The molecule has 0 fully saturated rings. The molecule has 0 saturated heterocycles. The number of anilines is 1. The zero-order chi connectivity index (χ0) is 11.3. The Hall–Kier alpha value is -0.740. The molecule has 0 aliphatic heterocycles. The van der Waals surface area contributed by atoms with Crippen LogP contribution in [0.4, 0.5) is 5.69 Å². The molecule has 1 unspecified atom stereocenters. The van der Waals surface area contributed by atoms with Crippen LogP contribution in [0.25, 0.3) is 0 Å². The van der Waals surface area contributed by atoms with E-state index in [1.165, 1.54) is 0 Å². The lowest BCUT2D eigenvalue weighted by atomic mass is 10.1. The van der Waals surface area contributed by atoms with Crippen molar-refractivity contribution in [3.05, 3.63) is 24.0 Å². The number of nitrogen functional groups attached to an aromatic ring is 1. The van der Waals surface area contributed by atoms with Crippen LogP contribution in [0, 0.1) is 0 Å². The predicted molar refractivity (Wildman–Crippen MR) is 66.0 cm³/mol. The van der Waals surface area contributed by atoms with Crippen molar-refractivity contribution in [3.8, 4) is 0 Å². The van der Waals surface area contributed by atoms with Gasteiger partial charge in [-0.2, -0.15) is 11.8 Å². The molecule has 1 rings (SSSR count). The van der Waals surface area contributed by atoms with E-state index in [1.807, 2.05) is 0 Å². The first-order valence-corrected chi connectivity index (χ1v) is 6.12. The minimum atomic E-state index is -0.344. The highest BCUT2D eigenvalue weighted by atomic mass is 32.2. The average Bonchev–Trinajstić information content (AvgIpc) is 2.18. The molecular weight excluding hydrogens is 208 g/mol. The maximum absolute atomic E-state index is 9.77. The van der Waals surface area contributed by atoms with Crippen LogP contribution in [0.2, 0.25) is 0 Å². The van der Waals surface area contributed by atoms with Gasteiger partial charge in [0.2, 0.25) is 0 Å². The highest BCUT2D eigenvalue weighted by molar-refractivity contribution is 7.99. The molecule has 3 N–H and O–H groups in total. The fourth-order valence-corrected chi connectivity index (χ4v) is 1.95. The number of nitrogens with two attached hydrogens (primary N) is 1. The molecule has 0 radical (unpaired) electrons. The van der Waals surface area contributed by atoms with Crippen LogP contribution in [0.15, 0.2) is 18.5 Å². The molecule has 1 heterocycles. The van der Waals surface area contributed by atoms with Gasteiger partial charge in [-0.05, 0) is 16.9 Å². The van der Waals surface area contributed by atoms with E-state index >= 15 is 0 Å². The first kappa shape index (κ1) is 12.3. The van der Waals surface area contributed by atoms with E-state index in [9.17, 15) is 5.11 Å². The second-order valence-corrected chi connectivity index (χ2v) is 5.42. The molecule has 3 nitrogen and oxygen atoms in total. The first-order chi connectivity index (χ1) is 7.09. The Bertz CT molecular complexity index is 304. The lowest BCUT2D eigenvalue weighted by Gasteiger charge is -2.12. The molecule has 0 aliphatic rings. The standard InChI is InChI=1S/C11H18N2OS/c1-8(2)15-7-10(14)5-9-6-13-4-3-11(9)12/h3-4,6,8,10,14H,5,7H2,1-2H3,(H2,12,13). The highest BCUT2D eigenvalue weighted by Crippen LogP contribution is 2.16. The number of pyridine rings is 1. The second-order valence-electron chi connectivity index (χ2n) is 3.81. The van der Waals surface area contributed by atoms with E-state index in [2.05, 4.69) is 18.8 Å². The summed E-state index contributed by atoms with van der Waals surface area (Å²) in [5.41, 5.74) is 7.40. The van der Waals surface area contributed by atoms with Crippen LogP contribution in [0.3, 0.4) is 0 Å². The summed E-state index contributed by atoms with van der Waals surface area (Å²) in [6, 6.07) is 1.76. The van der Waals surface area contributed by atoms with Gasteiger partial charge in [0, 0.05) is 30.3 Å². The molecule has 1 atom stereocenters. The van der Waals surface area contributed by atoms with Gasteiger partial charge in [-0.15, -0.1) is 0 Å². The number of aliphatic hydroxyl groups excluding tert-OH is 1. The van der Waals surface area contributed by atoms with Crippen molar-refractivity contribution in [1.82, 2.24) is 4.98 Å². The van der Waals surface area contributed by atoms with Gasteiger partial charge in [-0.25, -0.2) is 0 Å². The predicted octanol–water partition coefficient (Wildman–Crippen LogP) is 1.71. The zero-order valence-electron chi connectivity index (χ0n) is 9.18. The highest BCUT2D eigenvalue weighted by Gasteiger charge is 2.09. The lowest BCUT2D eigenvalue weighted by Crippen LogP contribution is -2.16. The number of aliphatic hydroxyl groups is 1. The largest absolute Gasteiger partial charge is 0.398 e. The summed E-state index contributed by atoms with van der Waals surface area (Å²) in [5.74, 6) is 0.742. The molecule has 1 aromatic heterocycles. The smallest absolute Gasteiger partial charge is 0.0672 e. The van der Waals surface area contributed by atoms with Gasteiger partial charge in [0.1, 0.15) is 0 Å². The molecule has 0 spiro atoms. The molecule has 15 heavy (non-hydrogen) atoms. The molecule has 0 bridgehead atoms. The van der Waals surface area contributed by atoms with Crippen LogP contribution in [-0.4, -0.2) is 27.2 Å². The topological polar surface area (TPSA) is 59.1 Å². The number of nitrogens with zero attached hydrogens (tertiary/aromatic N) is 1. The molecule has 4 heteroatoms. The molecule has 0 saturated carbocycles. The quantitative estimate of drug-likeness (QED) is 0.802. The molecule has 1 aromatic rings. The van der Waals surface area contributed by atoms with Crippen molar-refractivity contribution in [2.75, 3.05) is 11.5 Å². The van der Waals surface area contributed by atoms with E-state index in [1.54, 1.807) is 30.2 Å². The fourth-order valence-electron chi connectivity index (χ4n) is 1.22. The third-order valence-corrected chi connectivity index (χ3v) is 3.26. The van der Waals surface area contributed by atoms with Crippen LogP contribution in [-0.2, 0) is 6.42 Å². The molecule has 0 aliphatic carbocycles. The first-order valence-electron chi connectivity index (χ1n) is 5.07. The van der Waals surface area contributed by atoms with Gasteiger partial charge in [-0.3, -0.25) is 4.98 Å². The van der Waals surface area contributed by atoms with E-state index in [4.69, 9.17) is 5.73 Å². The Labute approximate surface area is 95.1 Å². The maximum atomic E-state index is 9.77. The van der Waals surface area contributed by atoms with Gasteiger partial charge in [0.15, 0.2) is 0 Å². The van der Waals surface area contributed by atoms with Crippen LogP contribution >= 0.6 is 11.8 Å². The van der Waals surface area contributed by atoms with E-state index < -0.39 is 0 Å². The maximum Gasteiger partial charge on any atom is 0.0672 e. The summed E-state index contributed by atoms with van der Waals surface area (Å²) in [6.07, 6.45) is 3.62. The minimum absolute atomic E-state index is 0.344. The molecule has 0 amide bonds. The van der Waals surface area contributed by atoms with Crippen molar-refractivity contribution < 1.29 is 5.11 Å². The van der Waals surface area contributed by atoms with Gasteiger partial charge < -0.3 is 10.8 Å². The number of thioether (sulfide) groups is 1. The van der Waals surface area contributed by atoms with Crippen LogP contribution in [0.1, 0.15) is 19.4 Å². The monoisotopic (exact) mass is 226 g/mol. The lowest BCUT2D eigenvalue weighted by molar-refractivity contribution is 0.200. The SMILES string of the molecule is CC(C)SCC(O)Cc1cnccc1N. The van der Waals surface area contributed by atoms with E-state index in [-0.39, 0.29) is 6.10 Å². The number of aromatic nitrogens is 1. The van der Waals surface area contributed by atoms with Gasteiger partial charge in [-0.1, -0.05) is 13.8 Å². The van der Waals surface area contributed by atoms with Crippen molar-refractivity contribution in [2.24, 2.45) is 0 Å². The second kappa shape index (κ2) is 5.98. The Balaban J connectivity index is 2.44. The van der Waals surface area contributed by atoms with Gasteiger partial charge in [0.25, 0.3) is 0 Å². The summed E-state index contributed by atoms with van der Waals surface area (Å²) >= 11 is 1.75. The Morgan fingerprint density at radius 3 is 2.87 bits per heavy atom. The Morgan fingerprint density at radius 1 is 1.53 bits per heavy atom. The van der Waals surface area contributed by atoms with Crippen LogP contribution in [0.5, 0.6) is 0 Å². The fraction of sp³-hybridized carbons (Fsp3) is 0.545. The van der Waals surface area contributed by atoms with E-state index in [0.717, 1.165) is 11.3 Å². The summed E-state index contributed by atoms with van der Waals surface area (Å²) in [6.45, 7) is 4.24. The van der Waals surface area contributed by atoms with Crippen LogP contribution < -0.4 is 5.73 Å². The Morgan fingerprint density at radius 2 is 2.27 bits per heavy atom. The number of hydrogen-bond acceptors (Lipinski definition) is 4. The van der Waals surface area contributed by atoms with Crippen molar-refractivity contribution in [1.29, 1.82) is 0 Å². The summed E-state index contributed by atoms with van der Waals surface area (Å²) < 4.78 is 0. The zero-order valence-corrected chi connectivity index (χ0v) is 10.00. The summed E-state index contributed by atoms with van der Waals surface area (Å²) in [5, 5.41) is 10.3.